The highest BCUT2D eigenvalue weighted by Crippen LogP contribution is 2.27. The van der Waals surface area contributed by atoms with Crippen LogP contribution in [-0.4, -0.2) is 31.9 Å². The second-order valence-corrected chi connectivity index (χ2v) is 4.78. The number of nitrogens with one attached hydrogen (secondary N) is 1. The van der Waals surface area contributed by atoms with E-state index < -0.39 is 0 Å². The van der Waals surface area contributed by atoms with Gasteiger partial charge in [-0.25, -0.2) is 0 Å². The van der Waals surface area contributed by atoms with Crippen LogP contribution in [0.4, 0.5) is 5.69 Å². The van der Waals surface area contributed by atoms with Crippen molar-refractivity contribution >= 4 is 17.3 Å². The van der Waals surface area contributed by atoms with E-state index in [1.165, 1.54) is 0 Å². The summed E-state index contributed by atoms with van der Waals surface area (Å²) in [5.74, 6) is 0. The molecule has 0 aliphatic rings. The van der Waals surface area contributed by atoms with Gasteiger partial charge in [0.15, 0.2) is 0 Å². The molecule has 0 heterocycles. The molecule has 1 atom stereocenters. The van der Waals surface area contributed by atoms with Crippen LogP contribution < -0.4 is 10.2 Å². The third-order valence-corrected chi connectivity index (χ3v) is 3.54. The fourth-order valence-corrected chi connectivity index (χ4v) is 2.29. The monoisotopic (exact) mass is 270 g/mol. The molecule has 3 nitrogen and oxygen atoms in total. The van der Waals surface area contributed by atoms with Gasteiger partial charge in [0.25, 0.3) is 0 Å². The van der Waals surface area contributed by atoms with E-state index in [-0.39, 0.29) is 12.6 Å². The average molecular weight is 271 g/mol. The number of aliphatic hydroxyl groups is 1. The summed E-state index contributed by atoms with van der Waals surface area (Å²) in [7, 11) is 1.93. The van der Waals surface area contributed by atoms with Crippen LogP contribution in [0.2, 0.25) is 5.02 Å². The van der Waals surface area contributed by atoms with Crippen molar-refractivity contribution in [3.63, 3.8) is 0 Å². The summed E-state index contributed by atoms with van der Waals surface area (Å²) in [6.07, 6.45) is 0.778. The maximum absolute atomic E-state index is 8.90. The van der Waals surface area contributed by atoms with Crippen molar-refractivity contribution in [2.24, 2.45) is 0 Å². The van der Waals surface area contributed by atoms with Crippen LogP contribution in [-0.2, 0) is 0 Å². The second kappa shape index (κ2) is 7.62. The number of halogens is 1. The second-order valence-electron chi connectivity index (χ2n) is 4.37. The van der Waals surface area contributed by atoms with Gasteiger partial charge in [-0.3, -0.25) is 0 Å². The first-order chi connectivity index (χ1) is 8.63. The molecule has 102 valence electrons. The number of aliphatic hydroxyl groups excluding tert-OH is 1. The molecule has 1 aromatic carbocycles. The first kappa shape index (κ1) is 15.3. The van der Waals surface area contributed by atoms with Gasteiger partial charge in [-0.05, 0) is 45.0 Å². The number of hydrogen-bond donors (Lipinski definition) is 2. The molecule has 0 spiro atoms. The van der Waals surface area contributed by atoms with E-state index in [9.17, 15) is 0 Å². The molecular weight excluding hydrogens is 248 g/mol. The van der Waals surface area contributed by atoms with Crippen LogP contribution in [0.3, 0.4) is 0 Å². The van der Waals surface area contributed by atoms with Crippen LogP contribution in [0.25, 0.3) is 0 Å². The molecule has 18 heavy (non-hydrogen) atoms. The lowest BCUT2D eigenvalue weighted by molar-refractivity contribution is 0.289. The van der Waals surface area contributed by atoms with E-state index in [2.05, 4.69) is 36.2 Å². The number of benzene rings is 1. The van der Waals surface area contributed by atoms with Crippen LogP contribution in [0, 0.1) is 0 Å². The van der Waals surface area contributed by atoms with Gasteiger partial charge in [-0.1, -0.05) is 17.7 Å². The molecule has 0 aliphatic heterocycles. The van der Waals surface area contributed by atoms with Crippen molar-refractivity contribution < 1.29 is 5.11 Å². The maximum atomic E-state index is 8.90. The highest BCUT2D eigenvalue weighted by Gasteiger charge is 2.10. The lowest BCUT2D eigenvalue weighted by Crippen LogP contribution is -2.24. The molecule has 4 heteroatoms. The van der Waals surface area contributed by atoms with Crippen molar-refractivity contribution in [2.45, 2.75) is 26.3 Å². The van der Waals surface area contributed by atoms with Gasteiger partial charge < -0.3 is 15.3 Å². The Morgan fingerprint density at radius 2 is 2.17 bits per heavy atom. The third kappa shape index (κ3) is 3.87. The predicted octanol–water partition coefficient (Wildman–Crippen LogP) is 2.83. The smallest absolute Gasteiger partial charge is 0.0474 e. The molecule has 0 bridgehead atoms. The van der Waals surface area contributed by atoms with Gasteiger partial charge in [-0.2, -0.15) is 0 Å². The number of hydrogen-bond acceptors (Lipinski definition) is 3. The Hall–Kier alpha value is -0.770. The molecule has 1 unspecified atom stereocenters. The molecular formula is C14H23ClN2O. The first-order valence-electron chi connectivity index (χ1n) is 6.46. The summed E-state index contributed by atoms with van der Waals surface area (Å²) in [6, 6.07) is 6.42. The Morgan fingerprint density at radius 3 is 2.67 bits per heavy atom. The molecule has 0 fully saturated rings. The fourth-order valence-electron chi connectivity index (χ4n) is 1.95. The molecule has 0 aromatic heterocycles. The van der Waals surface area contributed by atoms with Crippen LogP contribution in [0.15, 0.2) is 18.2 Å². The zero-order valence-electron chi connectivity index (χ0n) is 11.4. The van der Waals surface area contributed by atoms with Crippen molar-refractivity contribution in [1.82, 2.24) is 5.32 Å². The predicted molar refractivity (Wildman–Crippen MR) is 78.5 cm³/mol. The summed E-state index contributed by atoms with van der Waals surface area (Å²) >= 11 is 6.32. The lowest BCUT2D eigenvalue weighted by Gasteiger charge is -2.24. The molecule has 0 saturated heterocycles. The van der Waals surface area contributed by atoms with Gasteiger partial charge in [0.2, 0.25) is 0 Å². The van der Waals surface area contributed by atoms with Crippen LogP contribution >= 0.6 is 11.6 Å². The summed E-state index contributed by atoms with van der Waals surface area (Å²) in [4.78, 5) is 2.22. The van der Waals surface area contributed by atoms with E-state index >= 15 is 0 Å². The Kier molecular flexibility index (Phi) is 6.47. The van der Waals surface area contributed by atoms with Crippen molar-refractivity contribution in [3.05, 3.63) is 28.8 Å². The van der Waals surface area contributed by atoms with Crippen LogP contribution in [0.5, 0.6) is 0 Å². The normalized spacial score (nSPS) is 12.5. The van der Waals surface area contributed by atoms with Crippen molar-refractivity contribution in [2.75, 3.05) is 31.6 Å². The molecule has 1 aromatic rings. The van der Waals surface area contributed by atoms with E-state index in [1.807, 2.05) is 13.1 Å². The first-order valence-corrected chi connectivity index (χ1v) is 6.84. The van der Waals surface area contributed by atoms with E-state index in [4.69, 9.17) is 16.7 Å². The zero-order chi connectivity index (χ0) is 13.5. The van der Waals surface area contributed by atoms with Crippen LogP contribution in [0.1, 0.15) is 31.9 Å². The van der Waals surface area contributed by atoms with E-state index in [0.29, 0.717) is 0 Å². The van der Waals surface area contributed by atoms with Gasteiger partial charge in [0.05, 0.1) is 0 Å². The minimum absolute atomic E-state index is 0.221. The molecule has 0 amide bonds. The molecule has 0 saturated carbocycles. The minimum atomic E-state index is 0.221. The zero-order valence-corrected chi connectivity index (χ0v) is 12.2. The molecule has 2 N–H and O–H groups in total. The maximum Gasteiger partial charge on any atom is 0.0474 e. The van der Waals surface area contributed by atoms with Crippen molar-refractivity contribution in [3.8, 4) is 0 Å². The Morgan fingerprint density at radius 1 is 1.44 bits per heavy atom. The summed E-state index contributed by atoms with van der Waals surface area (Å²) in [5, 5.41) is 12.9. The third-order valence-electron chi connectivity index (χ3n) is 3.22. The molecule has 1 rings (SSSR count). The van der Waals surface area contributed by atoms with Gasteiger partial charge in [-0.15, -0.1) is 0 Å². The summed E-state index contributed by atoms with van der Waals surface area (Å²) in [6.45, 7) is 6.18. The number of nitrogens with zero attached hydrogens (tertiary/aromatic N) is 1. The Labute approximate surface area is 115 Å². The van der Waals surface area contributed by atoms with Gasteiger partial charge in [0, 0.05) is 36.4 Å². The fraction of sp³-hybridized carbons (Fsp3) is 0.571. The van der Waals surface area contributed by atoms with E-state index in [1.54, 1.807) is 0 Å². The standard InChI is InChI=1S/C14H23ClN2O/c1-4-17(8-5-9-18)12-6-7-13(11(2)16-3)14(15)10-12/h6-7,10-11,16,18H,4-5,8-9H2,1-3H3. The molecule has 0 radical (unpaired) electrons. The summed E-state index contributed by atoms with van der Waals surface area (Å²) in [5.41, 5.74) is 2.23. The Balaban J connectivity index is 2.87. The largest absolute Gasteiger partial charge is 0.396 e. The summed E-state index contributed by atoms with van der Waals surface area (Å²) < 4.78 is 0. The SMILES string of the molecule is CCN(CCCO)c1ccc(C(C)NC)c(Cl)c1. The van der Waals surface area contributed by atoms with E-state index in [0.717, 1.165) is 35.8 Å². The Bertz CT molecular complexity index is 371. The highest BCUT2D eigenvalue weighted by molar-refractivity contribution is 6.31. The number of anilines is 1. The average Bonchev–Trinajstić information content (AvgIpc) is 2.39. The molecule has 0 aliphatic carbocycles. The highest BCUT2D eigenvalue weighted by atomic mass is 35.5. The lowest BCUT2D eigenvalue weighted by atomic mass is 10.1. The van der Waals surface area contributed by atoms with Gasteiger partial charge in [0.1, 0.15) is 0 Å². The quantitative estimate of drug-likeness (QED) is 0.800. The van der Waals surface area contributed by atoms with Gasteiger partial charge >= 0.3 is 0 Å². The minimum Gasteiger partial charge on any atom is -0.396 e. The number of rotatable bonds is 7. The topological polar surface area (TPSA) is 35.5 Å². The van der Waals surface area contributed by atoms with Crippen molar-refractivity contribution in [1.29, 1.82) is 0 Å².